The number of alkyl halides is 1. The van der Waals surface area contributed by atoms with E-state index in [2.05, 4.69) is 9.47 Å². The predicted molar refractivity (Wildman–Crippen MR) is 38.3 cm³/mol. The average Bonchev–Trinajstić information content (AvgIpc) is 2.02. The highest BCUT2D eigenvalue weighted by Crippen LogP contribution is 2.04. The highest BCUT2D eigenvalue weighted by Gasteiger charge is 2.19. The molecule has 0 spiro atoms. The van der Waals surface area contributed by atoms with Crippen molar-refractivity contribution >= 4 is 23.5 Å². The molecule has 0 aromatic rings. The number of hydrogen-bond acceptors (Lipinski definition) is 4. The second kappa shape index (κ2) is 4.96. The molecule has 0 heterocycles. The Morgan fingerprint density at radius 1 is 1.36 bits per heavy atom. The van der Waals surface area contributed by atoms with E-state index in [0.717, 1.165) is 0 Å². The summed E-state index contributed by atoms with van der Waals surface area (Å²) < 4.78 is 8.56. The van der Waals surface area contributed by atoms with Gasteiger partial charge in [-0.05, 0) is 0 Å². The van der Waals surface area contributed by atoms with Gasteiger partial charge in [0.15, 0.2) is 0 Å². The summed E-state index contributed by atoms with van der Waals surface area (Å²) in [6.45, 7) is 0. The van der Waals surface area contributed by atoms with Crippen molar-refractivity contribution < 1.29 is 19.1 Å². The molecule has 4 nitrogen and oxygen atoms in total. The summed E-state index contributed by atoms with van der Waals surface area (Å²) in [5.41, 5.74) is 0. The number of methoxy groups -OCH3 is 2. The van der Waals surface area contributed by atoms with E-state index in [1.807, 2.05) is 0 Å². The van der Waals surface area contributed by atoms with E-state index in [1.165, 1.54) is 14.2 Å². The third-order valence-electron chi connectivity index (χ3n) is 1.03. The Balaban J connectivity index is 3.77. The molecule has 1 atom stereocenters. The zero-order valence-corrected chi connectivity index (χ0v) is 7.05. The molecule has 64 valence electrons. The summed E-state index contributed by atoms with van der Waals surface area (Å²) in [5, 5.41) is -0.951. The van der Waals surface area contributed by atoms with Gasteiger partial charge < -0.3 is 9.47 Å². The predicted octanol–water partition coefficient (Wildman–Crippen LogP) is 0.330. The third-order valence-corrected chi connectivity index (χ3v) is 1.36. The Labute approximate surface area is 69.4 Å². The van der Waals surface area contributed by atoms with Crippen molar-refractivity contribution in [2.24, 2.45) is 0 Å². The van der Waals surface area contributed by atoms with Crippen LogP contribution >= 0.6 is 11.6 Å². The largest absolute Gasteiger partial charge is 0.469 e. The molecule has 0 saturated carbocycles. The molecular formula is C6H9ClO4. The first-order valence-electron chi connectivity index (χ1n) is 2.90. The number of esters is 2. The van der Waals surface area contributed by atoms with Gasteiger partial charge in [0.05, 0.1) is 20.6 Å². The van der Waals surface area contributed by atoms with Gasteiger partial charge in [-0.1, -0.05) is 0 Å². The SMILES string of the molecule is COC(=O)C[C@@H](Cl)C(=O)OC. The number of carbonyl (C=O) groups excluding carboxylic acids is 2. The summed E-state index contributed by atoms with van der Waals surface area (Å²) >= 11 is 5.43. The number of rotatable bonds is 3. The highest BCUT2D eigenvalue weighted by atomic mass is 35.5. The van der Waals surface area contributed by atoms with Crippen LogP contribution < -0.4 is 0 Å². The lowest BCUT2D eigenvalue weighted by Gasteiger charge is -2.04. The van der Waals surface area contributed by atoms with Gasteiger partial charge in [-0.15, -0.1) is 11.6 Å². The van der Waals surface area contributed by atoms with E-state index in [1.54, 1.807) is 0 Å². The van der Waals surface area contributed by atoms with Gasteiger partial charge >= 0.3 is 11.9 Å². The first-order chi connectivity index (χ1) is 5.11. The van der Waals surface area contributed by atoms with E-state index < -0.39 is 17.3 Å². The number of carbonyl (C=O) groups is 2. The lowest BCUT2D eigenvalue weighted by Crippen LogP contribution is -2.20. The smallest absolute Gasteiger partial charge is 0.324 e. The van der Waals surface area contributed by atoms with Crippen molar-refractivity contribution in [2.45, 2.75) is 11.8 Å². The molecule has 0 aromatic carbocycles. The molecule has 0 rings (SSSR count). The lowest BCUT2D eigenvalue weighted by molar-refractivity contribution is -0.146. The van der Waals surface area contributed by atoms with Gasteiger partial charge in [0, 0.05) is 0 Å². The molecule has 0 aliphatic rings. The van der Waals surface area contributed by atoms with Crippen LogP contribution in [0.5, 0.6) is 0 Å². The van der Waals surface area contributed by atoms with Crippen LogP contribution in [-0.4, -0.2) is 31.5 Å². The van der Waals surface area contributed by atoms with Crippen molar-refractivity contribution in [2.75, 3.05) is 14.2 Å². The van der Waals surface area contributed by atoms with Crippen LogP contribution in [0.2, 0.25) is 0 Å². The molecule has 0 bridgehead atoms. The molecule has 5 heteroatoms. The zero-order valence-electron chi connectivity index (χ0n) is 6.30. The summed E-state index contributed by atoms with van der Waals surface area (Å²) in [4.78, 5) is 21.1. The van der Waals surface area contributed by atoms with Crippen LogP contribution in [0.25, 0.3) is 0 Å². The molecule has 0 saturated heterocycles. The van der Waals surface area contributed by atoms with Crippen LogP contribution in [0, 0.1) is 0 Å². The Hall–Kier alpha value is -0.770. The fraction of sp³-hybridized carbons (Fsp3) is 0.667. The van der Waals surface area contributed by atoms with Gasteiger partial charge in [0.25, 0.3) is 0 Å². The maximum Gasteiger partial charge on any atom is 0.324 e. The Kier molecular flexibility index (Phi) is 4.61. The maximum atomic E-state index is 10.6. The van der Waals surface area contributed by atoms with Crippen LogP contribution in [0.1, 0.15) is 6.42 Å². The van der Waals surface area contributed by atoms with E-state index in [0.29, 0.717) is 0 Å². The minimum Gasteiger partial charge on any atom is -0.469 e. The Bertz CT molecular complexity index is 157. The molecule has 0 amide bonds. The van der Waals surface area contributed by atoms with Gasteiger partial charge in [0.2, 0.25) is 0 Å². The van der Waals surface area contributed by atoms with E-state index in [4.69, 9.17) is 11.6 Å². The van der Waals surface area contributed by atoms with Gasteiger partial charge in [-0.3, -0.25) is 9.59 Å². The molecule has 0 unspecified atom stereocenters. The zero-order chi connectivity index (χ0) is 8.85. The van der Waals surface area contributed by atoms with Crippen LogP contribution in [-0.2, 0) is 19.1 Å². The molecule has 0 fully saturated rings. The quantitative estimate of drug-likeness (QED) is 0.464. The third kappa shape index (κ3) is 3.83. The van der Waals surface area contributed by atoms with Crippen molar-refractivity contribution in [3.05, 3.63) is 0 Å². The topological polar surface area (TPSA) is 52.6 Å². The van der Waals surface area contributed by atoms with Crippen LogP contribution in [0.15, 0.2) is 0 Å². The Morgan fingerprint density at radius 3 is 2.27 bits per heavy atom. The second-order valence-electron chi connectivity index (χ2n) is 1.77. The average molecular weight is 181 g/mol. The van der Waals surface area contributed by atoms with E-state index in [-0.39, 0.29) is 6.42 Å². The van der Waals surface area contributed by atoms with Crippen molar-refractivity contribution in [3.8, 4) is 0 Å². The van der Waals surface area contributed by atoms with Gasteiger partial charge in [-0.2, -0.15) is 0 Å². The van der Waals surface area contributed by atoms with Crippen molar-refractivity contribution in [1.82, 2.24) is 0 Å². The lowest BCUT2D eigenvalue weighted by atomic mass is 10.3. The fourth-order valence-corrected chi connectivity index (χ4v) is 0.656. The number of halogens is 1. The van der Waals surface area contributed by atoms with Crippen LogP contribution in [0.3, 0.4) is 0 Å². The minimum atomic E-state index is -0.951. The summed E-state index contributed by atoms with van der Waals surface area (Å²) in [6.07, 6.45) is -0.162. The first kappa shape index (κ1) is 10.2. The molecule has 0 aliphatic carbocycles. The summed E-state index contributed by atoms with van der Waals surface area (Å²) in [7, 11) is 2.43. The van der Waals surface area contributed by atoms with Crippen LogP contribution in [0.4, 0.5) is 0 Å². The normalized spacial score (nSPS) is 11.9. The van der Waals surface area contributed by atoms with E-state index in [9.17, 15) is 9.59 Å². The minimum absolute atomic E-state index is 0.162. The maximum absolute atomic E-state index is 10.6. The summed E-state index contributed by atoms with van der Waals surface area (Å²) in [6, 6.07) is 0. The second-order valence-corrected chi connectivity index (χ2v) is 2.30. The van der Waals surface area contributed by atoms with Crippen molar-refractivity contribution in [1.29, 1.82) is 0 Å². The first-order valence-corrected chi connectivity index (χ1v) is 3.34. The molecule has 0 aromatic heterocycles. The molecule has 0 aliphatic heterocycles. The van der Waals surface area contributed by atoms with Gasteiger partial charge in [0.1, 0.15) is 5.38 Å². The molecular weight excluding hydrogens is 172 g/mol. The monoisotopic (exact) mass is 180 g/mol. The fourth-order valence-electron chi connectivity index (χ4n) is 0.441. The van der Waals surface area contributed by atoms with Gasteiger partial charge in [-0.25, -0.2) is 0 Å². The molecule has 0 radical (unpaired) electrons. The standard InChI is InChI=1S/C6H9ClO4/c1-10-5(8)3-4(7)6(9)11-2/h4H,3H2,1-2H3/t4-/m1/s1. The van der Waals surface area contributed by atoms with Crippen molar-refractivity contribution in [3.63, 3.8) is 0 Å². The number of ether oxygens (including phenoxy) is 2. The molecule has 0 N–H and O–H groups in total. The summed E-state index contributed by atoms with van der Waals surface area (Å²) in [5.74, 6) is -1.16. The Morgan fingerprint density at radius 2 is 1.91 bits per heavy atom. The van der Waals surface area contributed by atoms with E-state index >= 15 is 0 Å². The number of hydrogen-bond donors (Lipinski definition) is 0. The molecule has 11 heavy (non-hydrogen) atoms. The highest BCUT2D eigenvalue weighted by molar-refractivity contribution is 6.30.